The van der Waals surface area contributed by atoms with Crippen molar-refractivity contribution < 1.29 is 9.84 Å². The molecule has 0 aliphatic rings. The molecule has 122 valence electrons. The van der Waals surface area contributed by atoms with E-state index in [-0.39, 0.29) is 11.3 Å². The Morgan fingerprint density at radius 2 is 1.91 bits per heavy atom. The van der Waals surface area contributed by atoms with Crippen molar-refractivity contribution in [3.05, 3.63) is 66.2 Å². The van der Waals surface area contributed by atoms with E-state index in [4.69, 9.17) is 4.74 Å². The molecule has 0 heterocycles. The first-order valence-electron chi connectivity index (χ1n) is 7.98. The molecule has 0 aromatic heterocycles. The minimum absolute atomic E-state index is 0.182. The van der Waals surface area contributed by atoms with Gasteiger partial charge in [0.2, 0.25) is 0 Å². The van der Waals surface area contributed by atoms with Gasteiger partial charge in [0, 0.05) is 6.07 Å². The molecule has 1 unspecified atom stereocenters. The van der Waals surface area contributed by atoms with Crippen LogP contribution in [-0.4, -0.2) is 10.6 Å². The molecular formula is C20H25NO2. The van der Waals surface area contributed by atoms with E-state index < -0.39 is 0 Å². The molecule has 0 fully saturated rings. The number of anilines is 1. The van der Waals surface area contributed by atoms with Crippen LogP contribution in [-0.2, 0) is 6.61 Å². The molecule has 2 aromatic rings. The van der Waals surface area contributed by atoms with Crippen LogP contribution < -0.4 is 10.1 Å². The summed E-state index contributed by atoms with van der Waals surface area (Å²) in [5, 5.41) is 13.6. The second-order valence-corrected chi connectivity index (χ2v) is 5.85. The highest BCUT2D eigenvalue weighted by Gasteiger charge is 2.19. The van der Waals surface area contributed by atoms with Crippen LogP contribution in [0.1, 0.15) is 32.8 Å². The van der Waals surface area contributed by atoms with Gasteiger partial charge in [0.15, 0.2) is 0 Å². The van der Waals surface area contributed by atoms with Crippen LogP contribution in [0.15, 0.2) is 60.7 Å². The third kappa shape index (κ3) is 4.78. The molecule has 23 heavy (non-hydrogen) atoms. The Balaban J connectivity index is 2.05. The Morgan fingerprint density at radius 1 is 1.17 bits per heavy atom. The van der Waals surface area contributed by atoms with E-state index in [1.165, 1.54) is 0 Å². The smallest absolute Gasteiger partial charge is 0.142 e. The lowest BCUT2D eigenvalue weighted by molar-refractivity contribution is 0.304. The van der Waals surface area contributed by atoms with Crippen LogP contribution in [0.4, 0.5) is 5.69 Å². The molecule has 1 atom stereocenters. The quantitative estimate of drug-likeness (QED) is 0.550. The van der Waals surface area contributed by atoms with Gasteiger partial charge in [-0.05, 0) is 38.0 Å². The fourth-order valence-corrected chi connectivity index (χ4v) is 2.37. The minimum Gasteiger partial charge on any atom is -0.506 e. The summed E-state index contributed by atoms with van der Waals surface area (Å²) in [6.07, 6.45) is 5.04. The number of phenols is 1. The Labute approximate surface area is 138 Å². The lowest BCUT2D eigenvalue weighted by atomic mass is 9.97. The third-order valence-electron chi connectivity index (χ3n) is 3.91. The molecule has 0 saturated carbocycles. The van der Waals surface area contributed by atoms with Crippen LogP contribution in [0.25, 0.3) is 0 Å². The number of aromatic hydroxyl groups is 1. The predicted octanol–water partition coefficient (Wildman–Crippen LogP) is 5.13. The van der Waals surface area contributed by atoms with Crippen molar-refractivity contribution in [1.82, 2.24) is 0 Å². The standard InChI is InChI=1S/C20H25NO2/c1-4-13-20(3,5-2)21-18-12-11-17(14-19(18)22)23-15-16-9-7-6-8-10-16/h4,6-14,21-22H,5,15H2,1-3H3/b13-4-. The fraction of sp³-hybridized carbons (Fsp3) is 0.300. The summed E-state index contributed by atoms with van der Waals surface area (Å²) in [5.74, 6) is 0.848. The molecule has 3 nitrogen and oxygen atoms in total. The monoisotopic (exact) mass is 311 g/mol. The number of benzene rings is 2. The number of hydrogen-bond acceptors (Lipinski definition) is 3. The van der Waals surface area contributed by atoms with E-state index in [2.05, 4.69) is 25.2 Å². The van der Waals surface area contributed by atoms with E-state index in [0.717, 1.165) is 12.0 Å². The number of phenolic OH excluding ortho intramolecular Hbond substituents is 1. The molecule has 0 aliphatic heterocycles. The topological polar surface area (TPSA) is 41.5 Å². The highest BCUT2D eigenvalue weighted by Crippen LogP contribution is 2.31. The summed E-state index contributed by atoms with van der Waals surface area (Å²) >= 11 is 0. The highest BCUT2D eigenvalue weighted by molar-refractivity contribution is 5.60. The second-order valence-electron chi connectivity index (χ2n) is 5.85. The number of nitrogens with one attached hydrogen (secondary N) is 1. The van der Waals surface area contributed by atoms with E-state index in [9.17, 15) is 5.11 Å². The van der Waals surface area contributed by atoms with Crippen molar-refractivity contribution in [2.75, 3.05) is 5.32 Å². The van der Waals surface area contributed by atoms with Crippen molar-refractivity contribution in [2.45, 2.75) is 39.3 Å². The van der Waals surface area contributed by atoms with E-state index >= 15 is 0 Å². The van der Waals surface area contributed by atoms with E-state index in [0.29, 0.717) is 18.0 Å². The van der Waals surface area contributed by atoms with Gasteiger partial charge in [-0.25, -0.2) is 0 Å². The zero-order valence-corrected chi connectivity index (χ0v) is 14.0. The lowest BCUT2D eigenvalue weighted by Crippen LogP contribution is -2.31. The van der Waals surface area contributed by atoms with Gasteiger partial charge >= 0.3 is 0 Å². The van der Waals surface area contributed by atoms with E-state index in [1.54, 1.807) is 6.07 Å². The van der Waals surface area contributed by atoms with Crippen molar-refractivity contribution in [3.63, 3.8) is 0 Å². The van der Waals surface area contributed by atoms with Crippen molar-refractivity contribution in [2.24, 2.45) is 0 Å². The van der Waals surface area contributed by atoms with Gasteiger partial charge in [0.05, 0.1) is 11.2 Å². The predicted molar refractivity (Wildman–Crippen MR) is 96.0 cm³/mol. The fourth-order valence-electron chi connectivity index (χ4n) is 2.37. The molecule has 2 rings (SSSR count). The molecule has 2 N–H and O–H groups in total. The van der Waals surface area contributed by atoms with Crippen LogP contribution in [0.5, 0.6) is 11.5 Å². The highest BCUT2D eigenvalue weighted by atomic mass is 16.5. The van der Waals surface area contributed by atoms with Gasteiger partial charge in [0.1, 0.15) is 18.1 Å². The molecule has 0 bridgehead atoms. The Hall–Kier alpha value is -2.42. The van der Waals surface area contributed by atoms with Crippen molar-refractivity contribution >= 4 is 5.69 Å². The molecule has 0 spiro atoms. The molecule has 0 radical (unpaired) electrons. The molecular weight excluding hydrogens is 286 g/mol. The Morgan fingerprint density at radius 3 is 2.52 bits per heavy atom. The van der Waals surface area contributed by atoms with Gasteiger partial charge in [0.25, 0.3) is 0 Å². The number of ether oxygens (including phenoxy) is 1. The van der Waals surface area contributed by atoms with Gasteiger partial charge in [-0.15, -0.1) is 0 Å². The van der Waals surface area contributed by atoms with Gasteiger partial charge in [-0.1, -0.05) is 49.4 Å². The summed E-state index contributed by atoms with van der Waals surface area (Å²) in [4.78, 5) is 0. The zero-order valence-electron chi connectivity index (χ0n) is 14.0. The molecule has 3 heteroatoms. The molecule has 2 aromatic carbocycles. The maximum Gasteiger partial charge on any atom is 0.142 e. The first-order valence-corrected chi connectivity index (χ1v) is 7.98. The maximum absolute atomic E-state index is 10.2. The minimum atomic E-state index is -0.182. The van der Waals surface area contributed by atoms with Crippen molar-refractivity contribution in [1.29, 1.82) is 0 Å². The Kier molecular flexibility index (Phi) is 5.69. The SMILES string of the molecule is C/C=C\C(C)(CC)Nc1ccc(OCc2ccccc2)cc1O. The molecule has 0 saturated heterocycles. The zero-order chi connectivity index (χ0) is 16.7. The van der Waals surface area contributed by atoms with Crippen LogP contribution in [0.2, 0.25) is 0 Å². The van der Waals surface area contributed by atoms with Crippen LogP contribution >= 0.6 is 0 Å². The number of allylic oxidation sites excluding steroid dienone is 1. The first kappa shape index (κ1) is 16.9. The average Bonchev–Trinajstić information content (AvgIpc) is 2.56. The number of hydrogen-bond donors (Lipinski definition) is 2. The summed E-state index contributed by atoms with van der Waals surface area (Å²) in [6, 6.07) is 15.3. The van der Waals surface area contributed by atoms with Gasteiger partial charge < -0.3 is 15.2 Å². The lowest BCUT2D eigenvalue weighted by Gasteiger charge is -2.28. The van der Waals surface area contributed by atoms with Crippen LogP contribution in [0, 0.1) is 0 Å². The average molecular weight is 311 g/mol. The Bertz CT molecular complexity index is 652. The summed E-state index contributed by atoms with van der Waals surface area (Å²) in [5.41, 5.74) is 1.62. The van der Waals surface area contributed by atoms with Gasteiger partial charge in [-0.3, -0.25) is 0 Å². The van der Waals surface area contributed by atoms with Crippen LogP contribution in [0.3, 0.4) is 0 Å². The van der Waals surface area contributed by atoms with Gasteiger partial charge in [-0.2, -0.15) is 0 Å². The van der Waals surface area contributed by atoms with Crippen molar-refractivity contribution in [3.8, 4) is 11.5 Å². The largest absolute Gasteiger partial charge is 0.506 e. The normalized spacial score (nSPS) is 13.7. The second kappa shape index (κ2) is 7.73. The third-order valence-corrected chi connectivity index (χ3v) is 3.91. The summed E-state index contributed by atoms with van der Waals surface area (Å²) in [6.45, 7) is 6.70. The first-order chi connectivity index (χ1) is 11.1. The summed E-state index contributed by atoms with van der Waals surface area (Å²) in [7, 11) is 0. The molecule has 0 aliphatic carbocycles. The molecule has 0 amide bonds. The maximum atomic E-state index is 10.2. The number of rotatable bonds is 7. The van der Waals surface area contributed by atoms with E-state index in [1.807, 2.05) is 55.5 Å². The summed E-state index contributed by atoms with van der Waals surface area (Å²) < 4.78 is 5.73.